The standard InChI is InChI=1S/C17H18N4S2/c1-2-13(22-3-1)15-18-19-17-21(15)20-16(23-17)14-11-5-9-4-10(7-11)8-12(14)6-9/h1-3,9-12,14H,4-8H2. The van der Waals surface area contributed by atoms with Crippen molar-refractivity contribution in [3.05, 3.63) is 22.5 Å². The highest BCUT2D eigenvalue weighted by atomic mass is 32.1. The number of aromatic nitrogens is 4. The molecule has 0 atom stereocenters. The fourth-order valence-electron chi connectivity index (χ4n) is 5.65. The third-order valence-corrected chi connectivity index (χ3v) is 8.13. The van der Waals surface area contributed by atoms with Gasteiger partial charge in [-0.15, -0.1) is 21.5 Å². The SMILES string of the molecule is c1csc(-c2nnc3sc(C4C5CC6CC(C5)CC4C6)nn23)c1. The van der Waals surface area contributed by atoms with Gasteiger partial charge in [-0.05, 0) is 67.2 Å². The quantitative estimate of drug-likeness (QED) is 0.691. The van der Waals surface area contributed by atoms with Crippen LogP contribution in [0.2, 0.25) is 0 Å². The van der Waals surface area contributed by atoms with Crippen molar-refractivity contribution in [2.24, 2.45) is 23.7 Å². The molecule has 4 nitrogen and oxygen atoms in total. The van der Waals surface area contributed by atoms with E-state index in [2.05, 4.69) is 27.7 Å². The molecule has 3 aromatic heterocycles. The van der Waals surface area contributed by atoms with Crippen LogP contribution in [0.3, 0.4) is 0 Å². The summed E-state index contributed by atoms with van der Waals surface area (Å²) in [5, 5.41) is 17.1. The van der Waals surface area contributed by atoms with Crippen LogP contribution in [0.5, 0.6) is 0 Å². The van der Waals surface area contributed by atoms with Crippen molar-refractivity contribution in [3.8, 4) is 10.7 Å². The molecule has 118 valence electrons. The third kappa shape index (κ3) is 1.85. The van der Waals surface area contributed by atoms with Crippen molar-refractivity contribution in [1.82, 2.24) is 19.8 Å². The predicted molar refractivity (Wildman–Crippen MR) is 91.8 cm³/mol. The first-order chi connectivity index (χ1) is 11.3. The largest absolute Gasteiger partial charge is 0.235 e. The molecular weight excluding hydrogens is 324 g/mol. The van der Waals surface area contributed by atoms with Crippen molar-refractivity contribution in [2.45, 2.75) is 38.0 Å². The lowest BCUT2D eigenvalue weighted by atomic mass is 9.52. The molecule has 3 heterocycles. The molecule has 4 aliphatic rings. The Hall–Kier alpha value is -1.27. The van der Waals surface area contributed by atoms with Crippen LogP contribution < -0.4 is 0 Å². The van der Waals surface area contributed by atoms with Gasteiger partial charge in [0.25, 0.3) is 0 Å². The second-order valence-corrected chi connectivity index (χ2v) is 9.53. The smallest absolute Gasteiger partial charge is 0.182 e. The van der Waals surface area contributed by atoms with E-state index in [0.717, 1.165) is 39.3 Å². The molecule has 0 unspecified atom stereocenters. The summed E-state index contributed by atoms with van der Waals surface area (Å²) in [6.07, 6.45) is 7.27. The summed E-state index contributed by atoms with van der Waals surface area (Å²) in [6.45, 7) is 0. The summed E-state index contributed by atoms with van der Waals surface area (Å²) in [5.41, 5.74) is 0. The Labute approximate surface area is 142 Å². The number of hydrogen-bond donors (Lipinski definition) is 0. The van der Waals surface area contributed by atoms with E-state index in [1.54, 1.807) is 22.7 Å². The molecule has 0 aliphatic heterocycles. The minimum atomic E-state index is 0.686. The van der Waals surface area contributed by atoms with Gasteiger partial charge >= 0.3 is 0 Å². The van der Waals surface area contributed by atoms with E-state index >= 15 is 0 Å². The van der Waals surface area contributed by atoms with E-state index < -0.39 is 0 Å². The van der Waals surface area contributed by atoms with Crippen molar-refractivity contribution >= 4 is 27.6 Å². The van der Waals surface area contributed by atoms with Gasteiger partial charge in [0.05, 0.1) is 4.88 Å². The van der Waals surface area contributed by atoms with E-state index in [-0.39, 0.29) is 0 Å². The number of rotatable bonds is 2. The molecule has 4 bridgehead atoms. The molecule has 3 aromatic rings. The zero-order valence-corrected chi connectivity index (χ0v) is 14.4. The number of nitrogens with zero attached hydrogens (tertiary/aromatic N) is 4. The van der Waals surface area contributed by atoms with Gasteiger partial charge in [-0.2, -0.15) is 9.61 Å². The van der Waals surface area contributed by atoms with Gasteiger partial charge in [-0.3, -0.25) is 0 Å². The Bertz CT molecular complexity index is 835. The van der Waals surface area contributed by atoms with E-state index in [1.807, 2.05) is 4.52 Å². The molecule has 4 saturated carbocycles. The number of thiophene rings is 1. The summed E-state index contributed by atoms with van der Waals surface area (Å²) in [7, 11) is 0. The Balaban J connectivity index is 1.43. The molecule has 0 aromatic carbocycles. The highest BCUT2D eigenvalue weighted by Gasteiger charge is 2.49. The van der Waals surface area contributed by atoms with Gasteiger partial charge in [-0.25, -0.2) is 0 Å². The summed E-state index contributed by atoms with van der Waals surface area (Å²) in [6, 6.07) is 4.16. The fourth-order valence-corrected chi connectivity index (χ4v) is 7.47. The molecule has 23 heavy (non-hydrogen) atoms. The Morgan fingerprint density at radius 2 is 1.78 bits per heavy atom. The summed E-state index contributed by atoms with van der Waals surface area (Å²) >= 11 is 3.48. The molecule has 4 aliphatic carbocycles. The fraction of sp³-hybridized carbons (Fsp3) is 0.588. The maximum Gasteiger partial charge on any atom is 0.235 e. The maximum atomic E-state index is 4.99. The normalized spacial score (nSPS) is 35.4. The average molecular weight is 342 g/mol. The van der Waals surface area contributed by atoms with Crippen LogP contribution in [0.15, 0.2) is 17.5 Å². The van der Waals surface area contributed by atoms with E-state index in [1.165, 1.54) is 37.1 Å². The van der Waals surface area contributed by atoms with Gasteiger partial charge in [0, 0.05) is 5.92 Å². The van der Waals surface area contributed by atoms with Crippen molar-refractivity contribution in [3.63, 3.8) is 0 Å². The van der Waals surface area contributed by atoms with Crippen molar-refractivity contribution < 1.29 is 0 Å². The molecule has 0 spiro atoms. The van der Waals surface area contributed by atoms with E-state index in [0.29, 0.717) is 5.92 Å². The van der Waals surface area contributed by atoms with Crippen LogP contribution in [0.4, 0.5) is 0 Å². The Morgan fingerprint density at radius 1 is 1.00 bits per heavy atom. The first-order valence-electron chi connectivity index (χ1n) is 8.61. The highest BCUT2D eigenvalue weighted by Crippen LogP contribution is 2.60. The Morgan fingerprint density at radius 3 is 2.48 bits per heavy atom. The maximum absolute atomic E-state index is 4.99. The van der Waals surface area contributed by atoms with Crippen LogP contribution in [0.25, 0.3) is 15.7 Å². The average Bonchev–Trinajstić information content (AvgIpc) is 3.21. The monoisotopic (exact) mass is 342 g/mol. The molecule has 0 N–H and O–H groups in total. The zero-order valence-electron chi connectivity index (χ0n) is 12.8. The van der Waals surface area contributed by atoms with Crippen molar-refractivity contribution in [2.75, 3.05) is 0 Å². The second kappa shape index (κ2) is 4.63. The molecule has 0 radical (unpaired) electrons. The van der Waals surface area contributed by atoms with Gasteiger partial charge in [0.2, 0.25) is 4.96 Å². The predicted octanol–water partition coefficient (Wildman–Crippen LogP) is 4.45. The molecular formula is C17H18N4S2. The van der Waals surface area contributed by atoms with Crippen LogP contribution in [0, 0.1) is 23.7 Å². The van der Waals surface area contributed by atoms with Gasteiger partial charge in [0.1, 0.15) is 5.01 Å². The topological polar surface area (TPSA) is 43.1 Å². The Kier molecular flexibility index (Phi) is 2.63. The van der Waals surface area contributed by atoms with Crippen molar-refractivity contribution in [1.29, 1.82) is 0 Å². The summed E-state index contributed by atoms with van der Waals surface area (Å²) in [4.78, 5) is 2.11. The molecule has 0 amide bonds. The lowest BCUT2D eigenvalue weighted by molar-refractivity contribution is -0.00310. The van der Waals surface area contributed by atoms with E-state index in [4.69, 9.17) is 5.10 Å². The number of hydrogen-bond acceptors (Lipinski definition) is 5. The van der Waals surface area contributed by atoms with Crippen LogP contribution in [0.1, 0.15) is 43.0 Å². The molecule has 4 fully saturated rings. The van der Waals surface area contributed by atoms with E-state index in [9.17, 15) is 0 Å². The first-order valence-corrected chi connectivity index (χ1v) is 10.3. The summed E-state index contributed by atoms with van der Waals surface area (Å²) in [5.74, 6) is 5.37. The van der Waals surface area contributed by atoms with Gasteiger partial charge in [0.15, 0.2) is 5.82 Å². The zero-order chi connectivity index (χ0) is 15.0. The van der Waals surface area contributed by atoms with Gasteiger partial charge in [-0.1, -0.05) is 17.4 Å². The minimum Gasteiger partial charge on any atom is -0.182 e. The summed E-state index contributed by atoms with van der Waals surface area (Å²) < 4.78 is 1.98. The van der Waals surface area contributed by atoms with Crippen LogP contribution in [-0.2, 0) is 0 Å². The lowest BCUT2D eigenvalue weighted by Crippen LogP contribution is -2.43. The number of fused-ring (bicyclic) bond motifs is 1. The van der Waals surface area contributed by atoms with Crippen LogP contribution in [-0.4, -0.2) is 19.8 Å². The molecule has 0 saturated heterocycles. The second-order valence-electron chi connectivity index (χ2n) is 7.59. The molecule has 7 rings (SSSR count). The molecule has 6 heteroatoms. The minimum absolute atomic E-state index is 0.686. The van der Waals surface area contributed by atoms with Crippen LogP contribution >= 0.6 is 22.7 Å². The highest BCUT2D eigenvalue weighted by molar-refractivity contribution is 7.16. The first kappa shape index (κ1) is 13.1. The van der Waals surface area contributed by atoms with Gasteiger partial charge < -0.3 is 0 Å². The third-order valence-electron chi connectivity index (χ3n) is 6.26. The lowest BCUT2D eigenvalue weighted by Gasteiger charge is -2.53.